The molecule has 0 aromatic carbocycles. The standard InChI is InChI=1S/C10H13N5O4/c1-4-19-6(16)5-15-7-8(11-12-15)13(2)10(18)14(3)9(7)17/h4-5H2,1-3H3. The van der Waals surface area contributed by atoms with Crippen molar-refractivity contribution >= 4 is 17.1 Å². The average molecular weight is 267 g/mol. The zero-order valence-corrected chi connectivity index (χ0v) is 10.8. The molecule has 0 fully saturated rings. The van der Waals surface area contributed by atoms with Crippen LogP contribution < -0.4 is 11.2 Å². The van der Waals surface area contributed by atoms with Gasteiger partial charge >= 0.3 is 11.7 Å². The first-order chi connectivity index (χ1) is 8.97. The minimum atomic E-state index is -0.549. The Morgan fingerprint density at radius 1 is 1.26 bits per heavy atom. The summed E-state index contributed by atoms with van der Waals surface area (Å²) in [6.07, 6.45) is 0. The van der Waals surface area contributed by atoms with Gasteiger partial charge in [0, 0.05) is 14.1 Å². The van der Waals surface area contributed by atoms with Gasteiger partial charge in [-0.2, -0.15) is 0 Å². The van der Waals surface area contributed by atoms with E-state index in [0.29, 0.717) is 0 Å². The number of aromatic nitrogens is 5. The second-order valence-corrected chi connectivity index (χ2v) is 3.93. The van der Waals surface area contributed by atoms with Gasteiger partial charge in [0.2, 0.25) is 0 Å². The number of hydrogen-bond donors (Lipinski definition) is 0. The molecule has 0 amide bonds. The second-order valence-electron chi connectivity index (χ2n) is 3.93. The molecule has 0 spiro atoms. The first-order valence-electron chi connectivity index (χ1n) is 5.62. The van der Waals surface area contributed by atoms with Crippen LogP contribution in [0, 0.1) is 0 Å². The molecule has 0 unspecified atom stereocenters. The highest BCUT2D eigenvalue weighted by Crippen LogP contribution is 2.02. The van der Waals surface area contributed by atoms with Crippen LogP contribution in [0.5, 0.6) is 0 Å². The number of esters is 1. The van der Waals surface area contributed by atoms with E-state index < -0.39 is 17.2 Å². The minimum absolute atomic E-state index is 0.0950. The van der Waals surface area contributed by atoms with E-state index in [9.17, 15) is 14.4 Å². The Bertz CT molecular complexity index is 754. The van der Waals surface area contributed by atoms with E-state index in [2.05, 4.69) is 10.3 Å². The van der Waals surface area contributed by atoms with Crippen molar-refractivity contribution < 1.29 is 9.53 Å². The van der Waals surface area contributed by atoms with Gasteiger partial charge in [-0.15, -0.1) is 5.10 Å². The highest BCUT2D eigenvalue weighted by molar-refractivity contribution is 5.74. The Labute approximate surface area is 107 Å². The number of nitrogens with zero attached hydrogens (tertiary/aromatic N) is 5. The molecule has 9 heteroatoms. The number of rotatable bonds is 3. The SMILES string of the molecule is CCOC(=O)Cn1nnc2c1c(=O)n(C)c(=O)n2C. The molecule has 0 aliphatic carbocycles. The molecular weight excluding hydrogens is 254 g/mol. The molecule has 2 rings (SSSR count). The predicted octanol–water partition coefficient (Wildman–Crippen LogP) is -1.61. The van der Waals surface area contributed by atoms with E-state index in [4.69, 9.17) is 4.74 Å². The van der Waals surface area contributed by atoms with E-state index in [1.807, 2.05) is 0 Å². The van der Waals surface area contributed by atoms with E-state index in [1.54, 1.807) is 6.92 Å². The largest absolute Gasteiger partial charge is 0.465 e. The van der Waals surface area contributed by atoms with Crippen LogP contribution in [-0.2, 0) is 30.2 Å². The van der Waals surface area contributed by atoms with Crippen molar-refractivity contribution in [3.05, 3.63) is 20.8 Å². The monoisotopic (exact) mass is 267 g/mol. The summed E-state index contributed by atoms with van der Waals surface area (Å²) in [5, 5.41) is 7.46. The average Bonchev–Trinajstić information content (AvgIpc) is 2.78. The van der Waals surface area contributed by atoms with Crippen molar-refractivity contribution in [2.75, 3.05) is 6.61 Å². The third kappa shape index (κ3) is 2.02. The highest BCUT2D eigenvalue weighted by Gasteiger charge is 2.17. The minimum Gasteiger partial charge on any atom is -0.465 e. The van der Waals surface area contributed by atoms with Gasteiger partial charge in [0.15, 0.2) is 11.2 Å². The molecule has 2 heterocycles. The molecule has 0 aliphatic rings. The van der Waals surface area contributed by atoms with Crippen molar-refractivity contribution in [1.29, 1.82) is 0 Å². The van der Waals surface area contributed by atoms with E-state index in [1.165, 1.54) is 18.7 Å². The lowest BCUT2D eigenvalue weighted by Gasteiger charge is -2.04. The summed E-state index contributed by atoms with van der Waals surface area (Å²) < 4.78 is 8.05. The van der Waals surface area contributed by atoms with Crippen LogP contribution in [0.3, 0.4) is 0 Å². The van der Waals surface area contributed by atoms with Crippen LogP contribution in [0.15, 0.2) is 9.59 Å². The molecule has 2 aromatic rings. The summed E-state index contributed by atoms with van der Waals surface area (Å²) in [4.78, 5) is 35.1. The lowest BCUT2D eigenvalue weighted by molar-refractivity contribution is -0.143. The first-order valence-corrected chi connectivity index (χ1v) is 5.62. The van der Waals surface area contributed by atoms with Gasteiger partial charge in [0.1, 0.15) is 6.54 Å². The Morgan fingerprint density at radius 2 is 1.95 bits per heavy atom. The summed E-state index contributed by atoms with van der Waals surface area (Å²) in [7, 11) is 2.83. The van der Waals surface area contributed by atoms with Gasteiger partial charge in [0.25, 0.3) is 5.56 Å². The van der Waals surface area contributed by atoms with Gasteiger partial charge in [-0.05, 0) is 6.92 Å². The molecule has 0 atom stereocenters. The van der Waals surface area contributed by atoms with Crippen LogP contribution in [0.1, 0.15) is 6.92 Å². The molecule has 0 bridgehead atoms. The lowest BCUT2D eigenvalue weighted by Crippen LogP contribution is -2.37. The summed E-state index contributed by atoms with van der Waals surface area (Å²) in [6.45, 7) is 1.69. The summed E-state index contributed by atoms with van der Waals surface area (Å²) in [5.74, 6) is -0.523. The number of carbonyl (C=O) groups is 1. The molecule has 2 aromatic heterocycles. The smallest absolute Gasteiger partial charge is 0.332 e. The second kappa shape index (κ2) is 4.67. The Kier molecular flexibility index (Phi) is 3.19. The Morgan fingerprint density at radius 3 is 2.58 bits per heavy atom. The normalized spacial score (nSPS) is 10.9. The number of carbonyl (C=O) groups excluding carboxylic acids is 1. The van der Waals surface area contributed by atoms with Crippen LogP contribution >= 0.6 is 0 Å². The van der Waals surface area contributed by atoms with Gasteiger partial charge in [-0.25, -0.2) is 9.48 Å². The van der Waals surface area contributed by atoms with E-state index in [0.717, 1.165) is 9.25 Å². The van der Waals surface area contributed by atoms with Crippen molar-refractivity contribution in [2.45, 2.75) is 13.5 Å². The molecule has 9 nitrogen and oxygen atoms in total. The molecule has 19 heavy (non-hydrogen) atoms. The lowest BCUT2D eigenvalue weighted by atomic mass is 10.5. The maximum atomic E-state index is 12.0. The highest BCUT2D eigenvalue weighted by atomic mass is 16.5. The maximum absolute atomic E-state index is 12.0. The summed E-state index contributed by atoms with van der Waals surface area (Å²) in [6, 6.07) is 0. The third-order valence-corrected chi connectivity index (χ3v) is 2.70. The van der Waals surface area contributed by atoms with Crippen LogP contribution in [0.2, 0.25) is 0 Å². The molecule has 0 aliphatic heterocycles. The Balaban J connectivity index is 2.64. The van der Waals surface area contributed by atoms with E-state index >= 15 is 0 Å². The maximum Gasteiger partial charge on any atom is 0.332 e. The van der Waals surface area contributed by atoms with Gasteiger partial charge in [-0.3, -0.25) is 18.7 Å². The van der Waals surface area contributed by atoms with Crippen molar-refractivity contribution in [3.8, 4) is 0 Å². The zero-order valence-electron chi connectivity index (χ0n) is 10.8. The fourth-order valence-corrected chi connectivity index (χ4v) is 1.74. The molecule has 0 saturated carbocycles. The van der Waals surface area contributed by atoms with Gasteiger partial charge in [-0.1, -0.05) is 5.21 Å². The number of fused-ring (bicyclic) bond motifs is 1. The number of aryl methyl sites for hydroxylation is 1. The predicted molar refractivity (Wildman–Crippen MR) is 64.6 cm³/mol. The van der Waals surface area contributed by atoms with Crippen molar-refractivity contribution in [2.24, 2.45) is 14.1 Å². The topological polar surface area (TPSA) is 101 Å². The van der Waals surface area contributed by atoms with Crippen molar-refractivity contribution in [1.82, 2.24) is 24.1 Å². The molecule has 0 saturated heterocycles. The van der Waals surface area contributed by atoms with Crippen molar-refractivity contribution in [3.63, 3.8) is 0 Å². The quantitative estimate of drug-likeness (QED) is 0.620. The molecule has 0 radical (unpaired) electrons. The molecule has 0 N–H and O–H groups in total. The number of hydrogen-bond acceptors (Lipinski definition) is 6. The molecular formula is C10H13N5O4. The summed E-state index contributed by atoms with van der Waals surface area (Å²) >= 11 is 0. The van der Waals surface area contributed by atoms with Crippen LogP contribution in [-0.4, -0.2) is 36.7 Å². The zero-order chi connectivity index (χ0) is 14.2. The molecule has 102 valence electrons. The van der Waals surface area contributed by atoms with E-state index in [-0.39, 0.29) is 24.3 Å². The van der Waals surface area contributed by atoms with Gasteiger partial charge < -0.3 is 4.74 Å². The number of ether oxygens (including phenoxy) is 1. The Hall–Kier alpha value is -2.45. The fraction of sp³-hybridized carbons (Fsp3) is 0.500. The third-order valence-electron chi connectivity index (χ3n) is 2.70. The fourth-order valence-electron chi connectivity index (χ4n) is 1.74. The first kappa shape index (κ1) is 13.0. The van der Waals surface area contributed by atoms with Crippen LogP contribution in [0.4, 0.5) is 0 Å². The van der Waals surface area contributed by atoms with Crippen LogP contribution in [0.25, 0.3) is 11.2 Å². The van der Waals surface area contributed by atoms with Gasteiger partial charge in [0.05, 0.1) is 6.61 Å². The summed E-state index contributed by atoms with van der Waals surface area (Å²) in [5.41, 5.74) is -0.817.